The first kappa shape index (κ1) is 10.3. The lowest BCUT2D eigenvalue weighted by Gasteiger charge is -2.12. The fourth-order valence-corrected chi connectivity index (χ4v) is 2.03. The van der Waals surface area contributed by atoms with Crippen LogP contribution in [0.3, 0.4) is 0 Å². The van der Waals surface area contributed by atoms with Crippen LogP contribution in [0.1, 0.15) is 17.9 Å². The largest absolute Gasteiger partial charge is 0.493 e. The first-order valence-electron chi connectivity index (χ1n) is 5.13. The van der Waals surface area contributed by atoms with Gasteiger partial charge in [0.25, 0.3) is 0 Å². The lowest BCUT2D eigenvalue weighted by atomic mass is 10.1. The standard InChI is InChI=1S/C12H16O3/c1-14-11-5-3-4-9(12(11)15-2)10-6-8(10)7-13/h3-5,8,10,13H,6-7H2,1-2H3. The van der Waals surface area contributed by atoms with E-state index in [0.717, 1.165) is 23.5 Å². The lowest BCUT2D eigenvalue weighted by molar-refractivity contribution is 0.273. The highest BCUT2D eigenvalue weighted by Gasteiger charge is 2.39. The molecule has 1 aromatic carbocycles. The zero-order valence-corrected chi connectivity index (χ0v) is 9.06. The topological polar surface area (TPSA) is 38.7 Å². The zero-order chi connectivity index (χ0) is 10.8. The molecule has 2 rings (SSSR count). The SMILES string of the molecule is COc1cccc(C2CC2CO)c1OC. The Morgan fingerprint density at radius 2 is 2.13 bits per heavy atom. The second kappa shape index (κ2) is 4.11. The molecule has 0 aliphatic heterocycles. The summed E-state index contributed by atoms with van der Waals surface area (Å²) in [4.78, 5) is 0. The third kappa shape index (κ3) is 1.79. The number of hydrogen-bond donors (Lipinski definition) is 1. The molecule has 1 aliphatic rings. The van der Waals surface area contributed by atoms with Crippen LogP contribution in [0.2, 0.25) is 0 Å². The molecule has 2 atom stereocenters. The van der Waals surface area contributed by atoms with Gasteiger partial charge in [-0.25, -0.2) is 0 Å². The molecule has 0 heterocycles. The van der Waals surface area contributed by atoms with Crippen molar-refractivity contribution in [2.24, 2.45) is 5.92 Å². The Morgan fingerprint density at radius 1 is 1.33 bits per heavy atom. The summed E-state index contributed by atoms with van der Waals surface area (Å²) in [5.41, 5.74) is 1.15. The van der Waals surface area contributed by atoms with Gasteiger partial charge in [0.2, 0.25) is 0 Å². The van der Waals surface area contributed by atoms with E-state index in [1.54, 1.807) is 14.2 Å². The predicted molar refractivity (Wildman–Crippen MR) is 57.5 cm³/mol. The molecule has 0 spiro atoms. The summed E-state index contributed by atoms with van der Waals surface area (Å²) in [6.45, 7) is 0.255. The molecular weight excluding hydrogens is 192 g/mol. The summed E-state index contributed by atoms with van der Waals surface area (Å²) in [6, 6.07) is 5.89. The molecule has 1 fully saturated rings. The van der Waals surface area contributed by atoms with Crippen LogP contribution in [-0.4, -0.2) is 25.9 Å². The summed E-state index contributed by atoms with van der Waals surface area (Å²) < 4.78 is 10.6. The molecule has 0 radical (unpaired) electrons. The molecule has 3 heteroatoms. The van der Waals surface area contributed by atoms with E-state index in [1.807, 2.05) is 18.2 Å². The Balaban J connectivity index is 2.31. The van der Waals surface area contributed by atoms with Crippen molar-refractivity contribution in [1.29, 1.82) is 0 Å². The minimum absolute atomic E-state index is 0.255. The van der Waals surface area contributed by atoms with Gasteiger partial charge in [0.15, 0.2) is 11.5 Å². The monoisotopic (exact) mass is 208 g/mol. The normalized spacial score (nSPS) is 23.7. The van der Waals surface area contributed by atoms with E-state index in [0.29, 0.717) is 11.8 Å². The van der Waals surface area contributed by atoms with Crippen LogP contribution >= 0.6 is 0 Å². The Hall–Kier alpha value is -1.22. The number of hydrogen-bond acceptors (Lipinski definition) is 3. The molecule has 15 heavy (non-hydrogen) atoms. The van der Waals surface area contributed by atoms with Crippen molar-refractivity contribution in [2.75, 3.05) is 20.8 Å². The minimum Gasteiger partial charge on any atom is -0.493 e. The highest BCUT2D eigenvalue weighted by Crippen LogP contribution is 2.51. The van der Waals surface area contributed by atoms with E-state index in [2.05, 4.69) is 0 Å². The summed E-state index contributed by atoms with van der Waals surface area (Å²) >= 11 is 0. The van der Waals surface area contributed by atoms with Crippen molar-refractivity contribution in [3.8, 4) is 11.5 Å². The lowest BCUT2D eigenvalue weighted by Crippen LogP contribution is -1.96. The van der Waals surface area contributed by atoms with E-state index in [1.165, 1.54) is 0 Å². The van der Waals surface area contributed by atoms with Crippen molar-refractivity contribution in [3.05, 3.63) is 23.8 Å². The fraction of sp³-hybridized carbons (Fsp3) is 0.500. The summed E-state index contributed by atoms with van der Waals surface area (Å²) in [6.07, 6.45) is 1.04. The summed E-state index contributed by atoms with van der Waals surface area (Å²) in [5, 5.41) is 9.06. The first-order chi connectivity index (χ1) is 7.31. The molecule has 1 aliphatic carbocycles. The number of ether oxygens (including phenoxy) is 2. The second-order valence-corrected chi connectivity index (χ2v) is 3.87. The van der Waals surface area contributed by atoms with Crippen molar-refractivity contribution < 1.29 is 14.6 Å². The Morgan fingerprint density at radius 3 is 2.67 bits per heavy atom. The smallest absolute Gasteiger partial charge is 0.164 e. The van der Waals surface area contributed by atoms with E-state index >= 15 is 0 Å². The number of aliphatic hydroxyl groups excluding tert-OH is 1. The van der Waals surface area contributed by atoms with Crippen LogP contribution in [-0.2, 0) is 0 Å². The van der Waals surface area contributed by atoms with Crippen LogP contribution in [0.5, 0.6) is 11.5 Å². The van der Waals surface area contributed by atoms with Gasteiger partial charge in [0.05, 0.1) is 14.2 Å². The molecule has 0 saturated heterocycles. The van der Waals surface area contributed by atoms with Crippen LogP contribution < -0.4 is 9.47 Å². The van der Waals surface area contributed by atoms with Crippen LogP contribution in [0, 0.1) is 5.92 Å². The molecule has 1 saturated carbocycles. The highest BCUT2D eigenvalue weighted by molar-refractivity contribution is 5.50. The number of para-hydroxylation sites is 1. The Bertz CT molecular complexity index is 349. The number of benzene rings is 1. The van der Waals surface area contributed by atoms with Gasteiger partial charge in [0.1, 0.15) is 0 Å². The van der Waals surface area contributed by atoms with Gasteiger partial charge in [-0.15, -0.1) is 0 Å². The zero-order valence-electron chi connectivity index (χ0n) is 9.06. The van der Waals surface area contributed by atoms with Crippen molar-refractivity contribution >= 4 is 0 Å². The van der Waals surface area contributed by atoms with Crippen molar-refractivity contribution in [3.63, 3.8) is 0 Å². The average Bonchev–Trinajstić information content (AvgIpc) is 3.07. The second-order valence-electron chi connectivity index (χ2n) is 3.87. The fourth-order valence-electron chi connectivity index (χ4n) is 2.03. The van der Waals surface area contributed by atoms with Gasteiger partial charge in [-0.1, -0.05) is 12.1 Å². The maximum Gasteiger partial charge on any atom is 0.164 e. The van der Waals surface area contributed by atoms with Crippen LogP contribution in [0.4, 0.5) is 0 Å². The summed E-state index contributed by atoms with van der Waals surface area (Å²) in [5.74, 6) is 2.39. The molecule has 0 aromatic heterocycles. The van der Waals surface area contributed by atoms with E-state index in [4.69, 9.17) is 14.6 Å². The quantitative estimate of drug-likeness (QED) is 0.820. The third-order valence-electron chi connectivity index (χ3n) is 2.99. The first-order valence-corrected chi connectivity index (χ1v) is 5.13. The molecule has 0 amide bonds. The molecule has 3 nitrogen and oxygen atoms in total. The van der Waals surface area contributed by atoms with E-state index < -0.39 is 0 Å². The van der Waals surface area contributed by atoms with Crippen LogP contribution in [0.25, 0.3) is 0 Å². The van der Waals surface area contributed by atoms with E-state index in [-0.39, 0.29) is 6.61 Å². The van der Waals surface area contributed by atoms with Crippen LogP contribution in [0.15, 0.2) is 18.2 Å². The minimum atomic E-state index is 0.255. The Kier molecular flexibility index (Phi) is 2.82. The molecular formula is C12H16O3. The van der Waals surface area contributed by atoms with Gasteiger partial charge in [0, 0.05) is 12.2 Å². The van der Waals surface area contributed by atoms with Gasteiger partial charge in [-0.05, 0) is 24.3 Å². The maximum absolute atomic E-state index is 9.06. The summed E-state index contributed by atoms with van der Waals surface area (Å²) in [7, 11) is 3.29. The Labute approximate surface area is 89.6 Å². The number of rotatable bonds is 4. The van der Waals surface area contributed by atoms with E-state index in [9.17, 15) is 0 Å². The van der Waals surface area contributed by atoms with Gasteiger partial charge in [-0.3, -0.25) is 0 Å². The van der Waals surface area contributed by atoms with Crippen molar-refractivity contribution in [1.82, 2.24) is 0 Å². The number of aliphatic hydroxyl groups is 1. The molecule has 0 bridgehead atoms. The predicted octanol–water partition coefficient (Wildman–Crippen LogP) is 1.80. The number of methoxy groups -OCH3 is 2. The van der Waals surface area contributed by atoms with Gasteiger partial charge >= 0.3 is 0 Å². The van der Waals surface area contributed by atoms with Crippen molar-refractivity contribution in [2.45, 2.75) is 12.3 Å². The van der Waals surface area contributed by atoms with Gasteiger partial charge in [-0.2, -0.15) is 0 Å². The molecule has 1 aromatic rings. The molecule has 82 valence electrons. The average molecular weight is 208 g/mol. The molecule has 2 unspecified atom stereocenters. The van der Waals surface area contributed by atoms with Gasteiger partial charge < -0.3 is 14.6 Å². The highest BCUT2D eigenvalue weighted by atomic mass is 16.5. The molecule has 1 N–H and O–H groups in total. The third-order valence-corrected chi connectivity index (χ3v) is 2.99. The maximum atomic E-state index is 9.06.